The quantitative estimate of drug-likeness (QED) is 0.533. The Bertz CT molecular complexity index is 709. The van der Waals surface area contributed by atoms with Crippen LogP contribution < -0.4 is 4.74 Å². The minimum atomic E-state index is -0.602. The van der Waals surface area contributed by atoms with Crippen molar-refractivity contribution in [2.45, 2.75) is 33.8 Å². The van der Waals surface area contributed by atoms with E-state index in [1.165, 1.54) is 0 Å². The molecule has 0 aromatic heterocycles. The predicted molar refractivity (Wildman–Crippen MR) is 101 cm³/mol. The molecule has 0 atom stereocenters. The highest BCUT2D eigenvalue weighted by Gasteiger charge is 2.36. The second-order valence-electron chi connectivity index (χ2n) is 6.58. The Morgan fingerprint density at radius 1 is 1.15 bits per heavy atom. The predicted octanol–water partition coefficient (Wildman–Crippen LogP) is 3.71. The zero-order valence-electron chi connectivity index (χ0n) is 15.4. The van der Waals surface area contributed by atoms with Gasteiger partial charge in [-0.15, -0.1) is 0 Å². The summed E-state index contributed by atoms with van der Waals surface area (Å²) in [6.07, 6.45) is 1.33. The van der Waals surface area contributed by atoms with Gasteiger partial charge < -0.3 is 9.47 Å². The number of benzene rings is 1. The zero-order valence-corrected chi connectivity index (χ0v) is 16.2. The maximum Gasteiger partial charge on any atom is 0.326 e. The van der Waals surface area contributed by atoms with Crippen molar-refractivity contribution in [1.29, 1.82) is 0 Å². The third-order valence-corrected chi connectivity index (χ3v) is 4.20. The summed E-state index contributed by atoms with van der Waals surface area (Å²) < 4.78 is 10.6. The number of imide groups is 1. The highest BCUT2D eigenvalue weighted by atomic mass is 32.2. The molecular weight excluding hydrogens is 354 g/mol. The SMILES string of the molecule is CC(C)COc1ccc(/C=C2\SC(=O)N(CC(=O)OC(C)C)C2=O)cc1. The second kappa shape index (κ2) is 8.89. The Morgan fingerprint density at radius 3 is 2.38 bits per heavy atom. The molecule has 7 heteroatoms. The van der Waals surface area contributed by atoms with Crippen LogP contribution >= 0.6 is 11.8 Å². The Labute approximate surface area is 157 Å². The molecule has 0 aliphatic carbocycles. The minimum absolute atomic E-state index is 0.281. The summed E-state index contributed by atoms with van der Waals surface area (Å²) in [6, 6.07) is 7.27. The van der Waals surface area contributed by atoms with E-state index < -0.39 is 17.1 Å². The van der Waals surface area contributed by atoms with E-state index in [2.05, 4.69) is 13.8 Å². The van der Waals surface area contributed by atoms with Crippen LogP contribution in [0.3, 0.4) is 0 Å². The molecule has 0 N–H and O–H groups in total. The van der Waals surface area contributed by atoms with Crippen molar-refractivity contribution in [1.82, 2.24) is 4.90 Å². The first-order valence-corrected chi connectivity index (χ1v) is 9.25. The molecule has 1 aliphatic rings. The van der Waals surface area contributed by atoms with E-state index in [0.717, 1.165) is 28.0 Å². The molecule has 0 saturated carbocycles. The number of carbonyl (C=O) groups excluding carboxylic acids is 3. The molecule has 0 unspecified atom stereocenters. The van der Waals surface area contributed by atoms with Crippen LogP contribution in [0.4, 0.5) is 4.79 Å². The average Bonchev–Trinajstić information content (AvgIpc) is 2.81. The van der Waals surface area contributed by atoms with Crippen molar-refractivity contribution in [3.63, 3.8) is 0 Å². The van der Waals surface area contributed by atoms with E-state index >= 15 is 0 Å². The molecule has 140 valence electrons. The third kappa shape index (κ3) is 5.62. The van der Waals surface area contributed by atoms with Crippen LogP contribution in [0.5, 0.6) is 5.75 Å². The number of carbonyl (C=O) groups is 3. The lowest BCUT2D eigenvalue weighted by Crippen LogP contribution is -2.35. The lowest BCUT2D eigenvalue weighted by Gasteiger charge is -2.13. The summed E-state index contributed by atoms with van der Waals surface area (Å²) in [5.41, 5.74) is 0.775. The average molecular weight is 377 g/mol. The molecule has 1 aromatic rings. The van der Waals surface area contributed by atoms with Gasteiger partial charge in [-0.05, 0) is 55.3 Å². The number of nitrogens with zero attached hydrogens (tertiary/aromatic N) is 1. The third-order valence-electron chi connectivity index (χ3n) is 3.29. The molecule has 1 aliphatic heterocycles. The van der Waals surface area contributed by atoms with E-state index in [-0.39, 0.29) is 17.6 Å². The van der Waals surface area contributed by atoms with Gasteiger partial charge in [0.15, 0.2) is 0 Å². The fourth-order valence-corrected chi connectivity index (χ4v) is 2.98. The van der Waals surface area contributed by atoms with Crippen molar-refractivity contribution in [3.05, 3.63) is 34.7 Å². The second-order valence-corrected chi connectivity index (χ2v) is 7.57. The van der Waals surface area contributed by atoms with E-state index in [1.807, 2.05) is 24.3 Å². The fraction of sp³-hybridized carbons (Fsp3) is 0.421. The lowest BCUT2D eigenvalue weighted by molar-refractivity contribution is -0.149. The van der Waals surface area contributed by atoms with Gasteiger partial charge in [0.2, 0.25) is 0 Å². The molecule has 1 saturated heterocycles. The molecule has 0 spiro atoms. The first-order valence-electron chi connectivity index (χ1n) is 8.44. The van der Waals surface area contributed by atoms with Crippen molar-refractivity contribution in [2.24, 2.45) is 5.92 Å². The number of thioether (sulfide) groups is 1. The molecule has 0 radical (unpaired) electrons. The van der Waals surface area contributed by atoms with Gasteiger partial charge in [0.25, 0.3) is 11.1 Å². The van der Waals surface area contributed by atoms with Crippen molar-refractivity contribution < 1.29 is 23.9 Å². The Balaban J connectivity index is 2.03. The summed E-state index contributed by atoms with van der Waals surface area (Å²) >= 11 is 0.815. The van der Waals surface area contributed by atoms with Crippen LogP contribution in [0.25, 0.3) is 6.08 Å². The number of esters is 1. The van der Waals surface area contributed by atoms with Gasteiger partial charge in [0.1, 0.15) is 12.3 Å². The largest absolute Gasteiger partial charge is 0.493 e. The van der Waals surface area contributed by atoms with E-state index in [0.29, 0.717) is 12.5 Å². The summed E-state index contributed by atoms with van der Waals surface area (Å²) in [6.45, 7) is 7.82. The molecule has 1 fully saturated rings. The van der Waals surface area contributed by atoms with E-state index in [9.17, 15) is 14.4 Å². The smallest absolute Gasteiger partial charge is 0.326 e. The Kier molecular flexibility index (Phi) is 6.85. The van der Waals surface area contributed by atoms with Gasteiger partial charge in [-0.2, -0.15) is 0 Å². The van der Waals surface area contributed by atoms with E-state index in [1.54, 1.807) is 19.9 Å². The Hall–Kier alpha value is -2.28. The van der Waals surface area contributed by atoms with Crippen LogP contribution in [0.1, 0.15) is 33.3 Å². The number of ether oxygens (including phenoxy) is 2. The number of hydrogen-bond donors (Lipinski definition) is 0. The van der Waals surface area contributed by atoms with Crippen LogP contribution in [-0.2, 0) is 14.3 Å². The molecule has 2 rings (SSSR count). The summed E-state index contributed by atoms with van der Waals surface area (Å²) in [5.74, 6) is 0.0973. The molecule has 0 bridgehead atoms. The fourth-order valence-electron chi connectivity index (χ4n) is 2.14. The zero-order chi connectivity index (χ0) is 19.3. The minimum Gasteiger partial charge on any atom is -0.493 e. The molecule has 2 amide bonds. The van der Waals surface area contributed by atoms with Crippen LogP contribution in [0.2, 0.25) is 0 Å². The number of amides is 2. The molecule has 6 nitrogen and oxygen atoms in total. The highest BCUT2D eigenvalue weighted by molar-refractivity contribution is 8.18. The van der Waals surface area contributed by atoms with Crippen molar-refractivity contribution in [2.75, 3.05) is 13.2 Å². The molecule has 1 heterocycles. The van der Waals surface area contributed by atoms with Gasteiger partial charge in [0.05, 0.1) is 17.6 Å². The summed E-state index contributed by atoms with van der Waals surface area (Å²) in [7, 11) is 0. The van der Waals surface area contributed by atoms with Crippen molar-refractivity contribution in [3.8, 4) is 5.75 Å². The van der Waals surface area contributed by atoms with Gasteiger partial charge >= 0.3 is 5.97 Å². The summed E-state index contributed by atoms with van der Waals surface area (Å²) in [4.78, 5) is 37.3. The molecule has 1 aromatic carbocycles. The van der Waals surface area contributed by atoms with Gasteiger partial charge in [-0.1, -0.05) is 26.0 Å². The highest BCUT2D eigenvalue weighted by Crippen LogP contribution is 2.32. The maximum absolute atomic E-state index is 12.4. The Morgan fingerprint density at radius 2 is 1.81 bits per heavy atom. The van der Waals surface area contributed by atoms with Gasteiger partial charge in [-0.3, -0.25) is 19.3 Å². The maximum atomic E-state index is 12.4. The van der Waals surface area contributed by atoms with Gasteiger partial charge in [0, 0.05) is 0 Å². The van der Waals surface area contributed by atoms with Crippen LogP contribution in [-0.4, -0.2) is 41.3 Å². The first-order chi connectivity index (χ1) is 12.3. The molecular formula is C19H23NO5S. The van der Waals surface area contributed by atoms with Crippen LogP contribution in [0, 0.1) is 5.92 Å². The lowest BCUT2D eigenvalue weighted by atomic mass is 10.2. The van der Waals surface area contributed by atoms with Crippen LogP contribution in [0.15, 0.2) is 29.2 Å². The topological polar surface area (TPSA) is 72.9 Å². The van der Waals surface area contributed by atoms with Gasteiger partial charge in [-0.25, -0.2) is 0 Å². The number of rotatable bonds is 7. The van der Waals surface area contributed by atoms with Crippen molar-refractivity contribution >= 4 is 35.0 Å². The normalized spacial score (nSPS) is 16.1. The summed E-state index contributed by atoms with van der Waals surface area (Å²) in [5, 5.41) is -0.473. The van der Waals surface area contributed by atoms with E-state index in [4.69, 9.17) is 9.47 Å². The molecule has 26 heavy (non-hydrogen) atoms. The first kappa shape index (κ1) is 20.0. The monoisotopic (exact) mass is 377 g/mol. The number of hydrogen-bond acceptors (Lipinski definition) is 6. The standard InChI is InChI=1S/C19H23NO5S/c1-12(2)11-24-15-7-5-14(6-8-15)9-16-18(22)20(19(23)26-16)10-17(21)25-13(3)4/h5-9,12-13H,10-11H2,1-4H3/b16-9-.